The highest BCUT2D eigenvalue weighted by molar-refractivity contribution is 5.69. The SMILES string of the molecule is Cc1ccc(Nc2nc(N[C@H]3[C@@H](NC(=O)OC(C)(C)C)CCCC3(F)F)c(F)cc2C#N)cc1. The van der Waals surface area contributed by atoms with Crippen LogP contribution in [0.15, 0.2) is 30.3 Å². The van der Waals surface area contributed by atoms with E-state index in [0.717, 1.165) is 11.6 Å². The smallest absolute Gasteiger partial charge is 0.407 e. The lowest BCUT2D eigenvalue weighted by molar-refractivity contribution is -0.0563. The molecule has 1 saturated carbocycles. The molecule has 0 saturated heterocycles. The van der Waals surface area contributed by atoms with Crippen molar-refractivity contribution < 1.29 is 22.7 Å². The molecule has 3 rings (SSSR count). The monoisotopic (exact) mass is 475 g/mol. The molecule has 1 aliphatic carbocycles. The number of carbonyl (C=O) groups excluding carboxylic acids is 1. The quantitative estimate of drug-likeness (QED) is 0.518. The minimum atomic E-state index is -3.25. The molecule has 1 fully saturated rings. The summed E-state index contributed by atoms with van der Waals surface area (Å²) in [5, 5.41) is 17.3. The van der Waals surface area contributed by atoms with E-state index in [0.29, 0.717) is 5.69 Å². The largest absolute Gasteiger partial charge is 0.444 e. The van der Waals surface area contributed by atoms with E-state index in [1.54, 1.807) is 32.9 Å². The van der Waals surface area contributed by atoms with Crippen molar-refractivity contribution in [1.29, 1.82) is 5.26 Å². The maximum atomic E-state index is 14.9. The van der Waals surface area contributed by atoms with E-state index in [4.69, 9.17) is 4.74 Å². The van der Waals surface area contributed by atoms with Gasteiger partial charge in [-0.05, 0) is 58.7 Å². The Morgan fingerprint density at radius 3 is 2.53 bits per heavy atom. The number of alkyl carbamates (subject to hydrolysis) is 1. The zero-order valence-electron chi connectivity index (χ0n) is 19.5. The number of nitrogens with one attached hydrogen (secondary N) is 3. The maximum Gasteiger partial charge on any atom is 0.407 e. The van der Waals surface area contributed by atoms with Crippen LogP contribution in [0.2, 0.25) is 0 Å². The van der Waals surface area contributed by atoms with Crippen LogP contribution in [0.4, 0.5) is 35.3 Å². The lowest BCUT2D eigenvalue weighted by Crippen LogP contribution is -2.58. The molecule has 1 heterocycles. The number of aryl methyl sites for hydroxylation is 1. The number of pyridine rings is 1. The molecule has 10 heteroatoms. The second-order valence-electron chi connectivity index (χ2n) is 9.35. The summed E-state index contributed by atoms with van der Waals surface area (Å²) < 4.78 is 49.7. The number of halogens is 3. The van der Waals surface area contributed by atoms with Crippen molar-refractivity contribution >= 4 is 23.4 Å². The maximum absolute atomic E-state index is 14.9. The molecular formula is C24H28F3N5O2. The Kier molecular flexibility index (Phi) is 7.24. The van der Waals surface area contributed by atoms with E-state index >= 15 is 0 Å². The van der Waals surface area contributed by atoms with Crippen molar-refractivity contribution in [2.45, 2.75) is 70.6 Å². The van der Waals surface area contributed by atoms with Crippen LogP contribution in [-0.4, -0.2) is 34.7 Å². The number of amides is 1. The number of nitrogens with zero attached hydrogens (tertiary/aromatic N) is 2. The highest BCUT2D eigenvalue weighted by atomic mass is 19.3. The van der Waals surface area contributed by atoms with E-state index in [1.807, 2.05) is 25.1 Å². The summed E-state index contributed by atoms with van der Waals surface area (Å²) in [6, 6.07) is 7.33. The van der Waals surface area contributed by atoms with E-state index in [-0.39, 0.29) is 24.2 Å². The van der Waals surface area contributed by atoms with Gasteiger partial charge >= 0.3 is 6.09 Å². The third-order valence-electron chi connectivity index (χ3n) is 5.29. The predicted octanol–water partition coefficient (Wildman–Crippen LogP) is 5.64. The number of anilines is 3. The summed E-state index contributed by atoms with van der Waals surface area (Å²) in [6.07, 6.45) is -0.839. The topological polar surface area (TPSA) is 99.1 Å². The number of rotatable bonds is 5. The fraction of sp³-hybridized carbons (Fsp3) is 0.458. The number of nitriles is 1. The molecule has 1 aliphatic rings. The number of ether oxygens (including phenoxy) is 1. The summed E-state index contributed by atoms with van der Waals surface area (Å²) in [5.41, 5.74) is 0.729. The van der Waals surface area contributed by atoms with Gasteiger partial charge in [0.05, 0.1) is 11.6 Å². The number of carbonyl (C=O) groups is 1. The van der Waals surface area contributed by atoms with E-state index < -0.39 is 47.8 Å². The van der Waals surface area contributed by atoms with Crippen LogP contribution in [0.25, 0.3) is 0 Å². The van der Waals surface area contributed by atoms with Gasteiger partial charge in [0.15, 0.2) is 17.5 Å². The molecule has 1 aromatic heterocycles. The lowest BCUT2D eigenvalue weighted by Gasteiger charge is -2.39. The Balaban J connectivity index is 1.88. The van der Waals surface area contributed by atoms with Crippen molar-refractivity contribution in [3.05, 3.63) is 47.3 Å². The van der Waals surface area contributed by atoms with Crippen LogP contribution in [-0.2, 0) is 4.74 Å². The molecule has 34 heavy (non-hydrogen) atoms. The molecule has 2 aromatic rings. The molecule has 0 spiro atoms. The van der Waals surface area contributed by atoms with Crippen molar-refractivity contribution in [2.24, 2.45) is 0 Å². The van der Waals surface area contributed by atoms with Gasteiger partial charge < -0.3 is 20.7 Å². The van der Waals surface area contributed by atoms with Crippen molar-refractivity contribution in [1.82, 2.24) is 10.3 Å². The number of aromatic nitrogens is 1. The zero-order chi connectivity index (χ0) is 25.1. The van der Waals surface area contributed by atoms with Gasteiger partial charge in [-0.3, -0.25) is 0 Å². The van der Waals surface area contributed by atoms with Crippen LogP contribution in [0.3, 0.4) is 0 Å². The molecule has 1 amide bonds. The van der Waals surface area contributed by atoms with Crippen LogP contribution in [0.1, 0.15) is 51.2 Å². The Bertz CT molecular complexity index is 1080. The Labute approximate surface area is 196 Å². The first-order valence-electron chi connectivity index (χ1n) is 11.0. The molecule has 0 unspecified atom stereocenters. The Morgan fingerprint density at radius 1 is 1.24 bits per heavy atom. The van der Waals surface area contributed by atoms with Gasteiger partial charge in [0.1, 0.15) is 17.7 Å². The predicted molar refractivity (Wildman–Crippen MR) is 123 cm³/mol. The van der Waals surface area contributed by atoms with Gasteiger partial charge in [0.25, 0.3) is 5.92 Å². The molecule has 3 N–H and O–H groups in total. The summed E-state index contributed by atoms with van der Waals surface area (Å²) in [7, 11) is 0. The molecule has 2 atom stereocenters. The van der Waals surface area contributed by atoms with Crippen LogP contribution >= 0.6 is 0 Å². The molecule has 0 radical (unpaired) electrons. The second kappa shape index (κ2) is 9.79. The first-order chi connectivity index (χ1) is 15.9. The summed E-state index contributed by atoms with van der Waals surface area (Å²) >= 11 is 0. The number of alkyl halides is 2. The van der Waals surface area contributed by atoms with E-state index in [9.17, 15) is 23.2 Å². The van der Waals surface area contributed by atoms with Crippen molar-refractivity contribution in [3.63, 3.8) is 0 Å². The minimum Gasteiger partial charge on any atom is -0.444 e. The first kappa shape index (κ1) is 25.1. The third-order valence-corrected chi connectivity index (χ3v) is 5.29. The van der Waals surface area contributed by atoms with Crippen LogP contribution in [0, 0.1) is 24.1 Å². The number of benzene rings is 1. The number of hydrogen-bond donors (Lipinski definition) is 3. The van der Waals surface area contributed by atoms with Gasteiger partial charge in [0, 0.05) is 12.1 Å². The fourth-order valence-electron chi connectivity index (χ4n) is 3.69. The standard InChI is InChI=1S/C24H28F3N5O2/c1-14-7-9-16(10-8-14)29-20-15(13-28)12-17(25)21(32-20)31-19-18(6-5-11-24(19,26)27)30-22(33)34-23(2,3)4/h7-10,12,18-19H,5-6,11H2,1-4H3,(H,30,33)(H2,29,31,32)/t18-,19-/m0/s1. The lowest BCUT2D eigenvalue weighted by atomic mass is 9.87. The average Bonchev–Trinajstić information content (AvgIpc) is 2.72. The molecule has 182 valence electrons. The van der Waals surface area contributed by atoms with Gasteiger partial charge in [-0.15, -0.1) is 0 Å². The molecule has 0 bridgehead atoms. The Hall–Kier alpha value is -3.48. The normalized spacial score (nSPS) is 19.6. The first-order valence-corrected chi connectivity index (χ1v) is 11.0. The minimum absolute atomic E-state index is 0.0195. The average molecular weight is 476 g/mol. The van der Waals surface area contributed by atoms with Crippen LogP contribution < -0.4 is 16.0 Å². The fourth-order valence-corrected chi connectivity index (χ4v) is 3.69. The summed E-state index contributed by atoms with van der Waals surface area (Å²) in [4.78, 5) is 16.3. The molecule has 0 aliphatic heterocycles. The Morgan fingerprint density at radius 2 is 1.91 bits per heavy atom. The van der Waals surface area contributed by atoms with Crippen LogP contribution in [0.5, 0.6) is 0 Å². The number of hydrogen-bond acceptors (Lipinski definition) is 6. The molecule has 1 aromatic carbocycles. The highest BCUT2D eigenvalue weighted by Crippen LogP contribution is 2.36. The van der Waals surface area contributed by atoms with Gasteiger partial charge in [0.2, 0.25) is 0 Å². The molecular weight excluding hydrogens is 447 g/mol. The van der Waals surface area contributed by atoms with Crippen molar-refractivity contribution in [3.8, 4) is 6.07 Å². The van der Waals surface area contributed by atoms with Gasteiger partial charge in [-0.1, -0.05) is 17.7 Å². The van der Waals surface area contributed by atoms with Crippen molar-refractivity contribution in [2.75, 3.05) is 10.6 Å². The zero-order valence-corrected chi connectivity index (χ0v) is 19.5. The summed E-state index contributed by atoms with van der Waals surface area (Å²) in [5.74, 6) is -4.63. The van der Waals surface area contributed by atoms with Gasteiger partial charge in [-0.2, -0.15) is 5.26 Å². The second-order valence-corrected chi connectivity index (χ2v) is 9.35. The highest BCUT2D eigenvalue weighted by Gasteiger charge is 2.48. The van der Waals surface area contributed by atoms with Gasteiger partial charge in [-0.25, -0.2) is 22.9 Å². The summed E-state index contributed by atoms with van der Waals surface area (Å²) in [6.45, 7) is 6.90. The molecule has 7 nitrogen and oxygen atoms in total. The van der Waals surface area contributed by atoms with E-state index in [1.165, 1.54) is 0 Å². The van der Waals surface area contributed by atoms with E-state index in [2.05, 4.69) is 20.9 Å². The third kappa shape index (κ3) is 6.31.